The van der Waals surface area contributed by atoms with Gasteiger partial charge < -0.3 is 9.64 Å². The number of ether oxygens (including phenoxy) is 1. The van der Waals surface area contributed by atoms with Crippen LogP contribution in [-0.4, -0.2) is 26.2 Å². The molecule has 0 saturated carbocycles. The molecule has 0 aliphatic carbocycles. The molecular formula is C16H22BrNO2. The summed E-state index contributed by atoms with van der Waals surface area (Å²) in [5, 5.41) is 0. The minimum Gasteiger partial charge on any atom is -0.463 e. The average molecular weight is 340 g/mol. The molecule has 0 saturated heterocycles. The van der Waals surface area contributed by atoms with Crippen molar-refractivity contribution in [2.45, 2.75) is 20.8 Å². The Hall–Kier alpha value is -1.29. The number of carbonyl (C=O) groups excluding carboxylic acids is 1. The van der Waals surface area contributed by atoms with Crippen LogP contribution < -0.4 is 4.90 Å². The summed E-state index contributed by atoms with van der Waals surface area (Å²) < 4.78 is 5.90. The highest BCUT2D eigenvalue weighted by Crippen LogP contribution is 2.25. The van der Waals surface area contributed by atoms with E-state index >= 15 is 0 Å². The molecule has 0 aliphatic rings. The summed E-state index contributed by atoms with van der Waals surface area (Å²) in [5.74, 6) is 0.260. The van der Waals surface area contributed by atoms with E-state index in [1.165, 1.54) is 6.08 Å². The Morgan fingerprint density at radius 2 is 2.15 bits per heavy atom. The first-order chi connectivity index (χ1) is 9.43. The molecule has 4 heteroatoms. The van der Waals surface area contributed by atoms with Gasteiger partial charge in [0.05, 0.1) is 6.61 Å². The first-order valence-electron chi connectivity index (χ1n) is 6.79. The number of esters is 1. The van der Waals surface area contributed by atoms with Crippen LogP contribution in [0.5, 0.6) is 0 Å². The number of benzene rings is 1. The number of hydrogen-bond donors (Lipinski definition) is 0. The molecule has 0 atom stereocenters. The van der Waals surface area contributed by atoms with Crippen molar-refractivity contribution in [3.63, 3.8) is 0 Å². The second kappa shape index (κ2) is 8.10. The third kappa shape index (κ3) is 5.37. The van der Waals surface area contributed by atoms with Crippen LogP contribution >= 0.6 is 15.9 Å². The number of hydrogen-bond acceptors (Lipinski definition) is 3. The van der Waals surface area contributed by atoms with Crippen LogP contribution in [0.15, 0.2) is 28.7 Å². The Bertz CT molecular complexity index is 483. The number of halogens is 1. The lowest BCUT2D eigenvalue weighted by Gasteiger charge is -2.23. The quantitative estimate of drug-likeness (QED) is 0.576. The van der Waals surface area contributed by atoms with Crippen molar-refractivity contribution in [3.8, 4) is 0 Å². The Morgan fingerprint density at radius 3 is 2.75 bits per heavy atom. The Morgan fingerprint density at radius 1 is 1.45 bits per heavy atom. The smallest absolute Gasteiger partial charge is 0.330 e. The van der Waals surface area contributed by atoms with Crippen LogP contribution in [0, 0.1) is 5.92 Å². The van der Waals surface area contributed by atoms with E-state index in [2.05, 4.69) is 47.8 Å². The summed E-state index contributed by atoms with van der Waals surface area (Å²) in [6.45, 7) is 7.52. The van der Waals surface area contributed by atoms with E-state index in [-0.39, 0.29) is 5.97 Å². The Kier molecular flexibility index (Phi) is 6.79. The van der Waals surface area contributed by atoms with Gasteiger partial charge in [-0.2, -0.15) is 0 Å². The molecule has 20 heavy (non-hydrogen) atoms. The molecule has 0 amide bonds. The van der Waals surface area contributed by atoms with Crippen molar-refractivity contribution in [2.75, 3.05) is 25.1 Å². The number of anilines is 1. The third-order valence-electron chi connectivity index (χ3n) is 2.73. The highest BCUT2D eigenvalue weighted by molar-refractivity contribution is 9.10. The van der Waals surface area contributed by atoms with Crippen LogP contribution in [0.4, 0.5) is 5.69 Å². The van der Waals surface area contributed by atoms with Crippen LogP contribution in [-0.2, 0) is 9.53 Å². The fraction of sp³-hybridized carbons (Fsp3) is 0.438. The highest BCUT2D eigenvalue weighted by Gasteiger charge is 2.08. The number of carbonyl (C=O) groups is 1. The molecule has 0 radical (unpaired) electrons. The van der Waals surface area contributed by atoms with Crippen molar-refractivity contribution in [1.82, 2.24) is 0 Å². The van der Waals surface area contributed by atoms with Crippen LogP contribution in [0.1, 0.15) is 26.3 Å². The predicted octanol–water partition coefficient (Wildman–Crippen LogP) is 4.12. The van der Waals surface area contributed by atoms with Crippen LogP contribution in [0.2, 0.25) is 0 Å². The zero-order valence-corrected chi connectivity index (χ0v) is 14.1. The number of nitrogens with zero attached hydrogens (tertiary/aromatic N) is 1. The zero-order chi connectivity index (χ0) is 15.1. The first kappa shape index (κ1) is 16.8. The molecule has 0 aliphatic heterocycles. The van der Waals surface area contributed by atoms with Gasteiger partial charge in [-0.05, 0) is 42.7 Å². The average Bonchev–Trinajstić information content (AvgIpc) is 2.35. The molecular weight excluding hydrogens is 318 g/mol. The van der Waals surface area contributed by atoms with Gasteiger partial charge >= 0.3 is 5.97 Å². The summed E-state index contributed by atoms with van der Waals surface area (Å²) in [6, 6.07) is 6.06. The molecule has 110 valence electrons. The van der Waals surface area contributed by atoms with Gasteiger partial charge in [0.15, 0.2) is 0 Å². The van der Waals surface area contributed by atoms with E-state index in [0.29, 0.717) is 12.5 Å². The minimum absolute atomic E-state index is 0.315. The molecule has 0 aromatic heterocycles. The molecule has 0 spiro atoms. The van der Waals surface area contributed by atoms with Gasteiger partial charge in [-0.1, -0.05) is 29.8 Å². The van der Waals surface area contributed by atoms with E-state index in [1.54, 1.807) is 13.0 Å². The van der Waals surface area contributed by atoms with Gasteiger partial charge in [-0.25, -0.2) is 4.79 Å². The molecule has 1 aromatic rings. The second-order valence-corrected chi connectivity index (χ2v) is 5.98. The van der Waals surface area contributed by atoms with Crippen molar-refractivity contribution >= 4 is 33.7 Å². The number of rotatable bonds is 6. The largest absolute Gasteiger partial charge is 0.463 e. The fourth-order valence-electron chi connectivity index (χ4n) is 2.00. The fourth-order valence-corrected chi connectivity index (χ4v) is 2.38. The van der Waals surface area contributed by atoms with Crippen molar-refractivity contribution in [1.29, 1.82) is 0 Å². The van der Waals surface area contributed by atoms with E-state index in [9.17, 15) is 4.79 Å². The van der Waals surface area contributed by atoms with E-state index < -0.39 is 0 Å². The highest BCUT2D eigenvalue weighted by atomic mass is 79.9. The molecule has 0 N–H and O–H groups in total. The van der Waals surface area contributed by atoms with Gasteiger partial charge in [0.1, 0.15) is 0 Å². The SMILES string of the molecule is CCOC(=O)C=Cc1cc(Br)ccc1N(C)CC(C)C. The Balaban J connectivity index is 2.98. The van der Waals surface area contributed by atoms with Crippen molar-refractivity contribution < 1.29 is 9.53 Å². The van der Waals surface area contributed by atoms with Crippen molar-refractivity contribution in [3.05, 3.63) is 34.3 Å². The molecule has 3 nitrogen and oxygen atoms in total. The molecule has 0 bridgehead atoms. The molecule has 1 rings (SSSR count). The van der Waals surface area contributed by atoms with Crippen LogP contribution in [0.3, 0.4) is 0 Å². The first-order valence-corrected chi connectivity index (χ1v) is 7.58. The summed E-state index contributed by atoms with van der Waals surface area (Å²) >= 11 is 3.47. The Labute approximate surface area is 129 Å². The normalized spacial score (nSPS) is 11.1. The maximum absolute atomic E-state index is 11.4. The lowest BCUT2D eigenvalue weighted by molar-refractivity contribution is -0.137. The third-order valence-corrected chi connectivity index (χ3v) is 3.22. The summed E-state index contributed by atoms with van der Waals surface area (Å²) in [6.07, 6.45) is 3.27. The summed E-state index contributed by atoms with van der Waals surface area (Å²) in [4.78, 5) is 13.6. The molecule has 0 unspecified atom stereocenters. The second-order valence-electron chi connectivity index (χ2n) is 5.06. The monoisotopic (exact) mass is 339 g/mol. The minimum atomic E-state index is -0.315. The lowest BCUT2D eigenvalue weighted by Crippen LogP contribution is -2.23. The zero-order valence-electron chi connectivity index (χ0n) is 12.5. The van der Waals surface area contributed by atoms with Gasteiger partial charge in [0, 0.05) is 29.8 Å². The van der Waals surface area contributed by atoms with E-state index in [1.807, 2.05) is 12.1 Å². The summed E-state index contributed by atoms with van der Waals surface area (Å²) in [5.41, 5.74) is 2.10. The lowest BCUT2D eigenvalue weighted by atomic mass is 10.1. The van der Waals surface area contributed by atoms with Gasteiger partial charge in [-0.3, -0.25) is 0 Å². The topological polar surface area (TPSA) is 29.5 Å². The standard InChI is InChI=1S/C16H22BrNO2/c1-5-20-16(19)9-6-13-10-14(17)7-8-15(13)18(4)11-12(2)3/h6-10,12H,5,11H2,1-4H3. The summed E-state index contributed by atoms with van der Waals surface area (Å²) in [7, 11) is 2.06. The predicted molar refractivity (Wildman–Crippen MR) is 87.9 cm³/mol. The van der Waals surface area contributed by atoms with Crippen molar-refractivity contribution in [2.24, 2.45) is 5.92 Å². The van der Waals surface area contributed by atoms with E-state index in [0.717, 1.165) is 22.3 Å². The maximum atomic E-state index is 11.4. The van der Waals surface area contributed by atoms with Gasteiger partial charge in [-0.15, -0.1) is 0 Å². The molecule has 1 aromatic carbocycles. The molecule has 0 fully saturated rings. The van der Waals surface area contributed by atoms with Crippen LogP contribution in [0.25, 0.3) is 6.08 Å². The van der Waals surface area contributed by atoms with Gasteiger partial charge in [0.2, 0.25) is 0 Å². The molecule has 0 heterocycles. The van der Waals surface area contributed by atoms with Gasteiger partial charge in [0.25, 0.3) is 0 Å². The van der Waals surface area contributed by atoms with E-state index in [4.69, 9.17) is 4.74 Å². The maximum Gasteiger partial charge on any atom is 0.330 e.